The van der Waals surface area contributed by atoms with Crippen LogP contribution in [0.3, 0.4) is 0 Å². The molecule has 13 heteroatoms. The highest BCUT2D eigenvalue weighted by molar-refractivity contribution is 6.36. The number of para-hydroxylation sites is 1. The number of likely N-dealkylation sites (tertiary alicyclic amines) is 1. The number of fused-ring (bicyclic) bond motifs is 1. The predicted molar refractivity (Wildman–Crippen MR) is 139 cm³/mol. The molecule has 4 rings (SSSR count). The summed E-state index contributed by atoms with van der Waals surface area (Å²) in [5.74, 6) is -6.08. The van der Waals surface area contributed by atoms with E-state index in [1.165, 1.54) is 6.07 Å². The van der Waals surface area contributed by atoms with Crippen LogP contribution in [0.5, 0.6) is 0 Å². The first-order valence-corrected chi connectivity index (χ1v) is 13.2. The first-order valence-electron chi connectivity index (χ1n) is 12.8. The van der Waals surface area contributed by atoms with Crippen LogP contribution in [0.2, 0.25) is 5.02 Å². The normalized spacial score (nSPS) is 21.5. The molecule has 0 aliphatic carbocycles. The Morgan fingerprint density at radius 1 is 0.878 bits per heavy atom. The van der Waals surface area contributed by atoms with Crippen LogP contribution in [0.25, 0.3) is 0 Å². The number of aryl methyl sites for hydroxylation is 2. The molecular formula is C28H26ClF6N3O3. The zero-order chi connectivity index (χ0) is 30.3. The number of benzodiazepines with no additional fused rings is 1. The molecule has 0 saturated carbocycles. The van der Waals surface area contributed by atoms with Gasteiger partial charge in [-0.2, -0.15) is 26.3 Å². The summed E-state index contributed by atoms with van der Waals surface area (Å²) in [5, 5.41) is 2.72. The second-order valence-corrected chi connectivity index (χ2v) is 10.7. The molecule has 1 fully saturated rings. The fourth-order valence-corrected chi connectivity index (χ4v) is 5.57. The van der Waals surface area contributed by atoms with Crippen LogP contribution in [0.15, 0.2) is 41.4 Å². The summed E-state index contributed by atoms with van der Waals surface area (Å²) >= 11 is 6.37. The molecule has 2 aliphatic heterocycles. The SMILES string of the molecule is Cc1cc(C)cc(C2=NC(N3C(=O)[C@@H](CCCC(F)(F)F)[C@@H](CCC(F)(F)F)C3=O)C(=O)Nc3c(Cl)cccc32)c1. The number of benzene rings is 2. The van der Waals surface area contributed by atoms with Gasteiger partial charge in [0.1, 0.15) is 0 Å². The number of alkyl halides is 6. The molecule has 3 amide bonds. The van der Waals surface area contributed by atoms with Gasteiger partial charge >= 0.3 is 12.4 Å². The highest BCUT2D eigenvalue weighted by atomic mass is 35.5. The fourth-order valence-electron chi connectivity index (χ4n) is 5.35. The summed E-state index contributed by atoms with van der Waals surface area (Å²) in [6.45, 7) is 3.66. The Balaban J connectivity index is 1.79. The maximum Gasteiger partial charge on any atom is 0.389 e. The van der Waals surface area contributed by atoms with E-state index in [1.54, 1.807) is 24.3 Å². The maximum absolute atomic E-state index is 13.5. The Hall–Kier alpha value is -3.41. The number of anilines is 1. The molecule has 0 bridgehead atoms. The Morgan fingerprint density at radius 3 is 2.05 bits per heavy atom. The first kappa shape index (κ1) is 30.5. The van der Waals surface area contributed by atoms with Gasteiger partial charge in [0.05, 0.1) is 28.3 Å². The number of hydrogen-bond acceptors (Lipinski definition) is 4. The summed E-state index contributed by atoms with van der Waals surface area (Å²) in [7, 11) is 0. The van der Waals surface area contributed by atoms with Crippen molar-refractivity contribution >= 4 is 40.7 Å². The molecular weight excluding hydrogens is 576 g/mol. The van der Waals surface area contributed by atoms with Crippen molar-refractivity contribution in [3.63, 3.8) is 0 Å². The molecule has 0 spiro atoms. The maximum atomic E-state index is 13.5. The Kier molecular flexibility index (Phi) is 8.54. The monoisotopic (exact) mass is 601 g/mol. The number of nitrogens with zero attached hydrogens (tertiary/aromatic N) is 2. The van der Waals surface area contributed by atoms with Crippen molar-refractivity contribution in [3.8, 4) is 0 Å². The van der Waals surface area contributed by atoms with Crippen LogP contribution < -0.4 is 5.32 Å². The van der Waals surface area contributed by atoms with Crippen molar-refractivity contribution in [1.29, 1.82) is 0 Å². The summed E-state index contributed by atoms with van der Waals surface area (Å²) in [6, 6.07) is 10.2. The van der Waals surface area contributed by atoms with Gasteiger partial charge in [0, 0.05) is 24.0 Å². The lowest BCUT2D eigenvalue weighted by atomic mass is 9.86. The Labute approximate surface area is 236 Å². The van der Waals surface area contributed by atoms with E-state index >= 15 is 0 Å². The first-order chi connectivity index (χ1) is 19.1. The van der Waals surface area contributed by atoms with Gasteiger partial charge in [0.2, 0.25) is 18.0 Å². The lowest BCUT2D eigenvalue weighted by Gasteiger charge is -2.22. The summed E-state index contributed by atoms with van der Waals surface area (Å²) in [6.07, 6.45) is -15.6. The number of imide groups is 1. The van der Waals surface area contributed by atoms with Crippen molar-refractivity contribution in [2.75, 3.05) is 5.32 Å². The molecule has 0 aromatic heterocycles. The molecule has 3 atom stereocenters. The van der Waals surface area contributed by atoms with E-state index < -0.39 is 80.2 Å². The van der Waals surface area contributed by atoms with Crippen molar-refractivity contribution in [1.82, 2.24) is 4.90 Å². The zero-order valence-corrected chi connectivity index (χ0v) is 22.8. The molecule has 41 heavy (non-hydrogen) atoms. The molecule has 1 saturated heterocycles. The van der Waals surface area contributed by atoms with Crippen molar-refractivity contribution in [3.05, 3.63) is 63.7 Å². The largest absolute Gasteiger partial charge is 0.389 e. The molecule has 220 valence electrons. The van der Waals surface area contributed by atoms with Crippen LogP contribution in [-0.4, -0.2) is 46.9 Å². The van der Waals surface area contributed by atoms with Gasteiger partial charge in [-0.25, -0.2) is 9.89 Å². The van der Waals surface area contributed by atoms with Crippen molar-refractivity contribution in [2.24, 2.45) is 16.8 Å². The third-order valence-corrected chi connectivity index (χ3v) is 7.37. The minimum absolute atomic E-state index is 0.140. The number of amides is 3. The van der Waals surface area contributed by atoms with E-state index in [0.717, 1.165) is 11.1 Å². The fraction of sp³-hybridized carbons (Fsp3) is 0.429. The standard InChI is InChI=1S/C28H26ClF6N3O3/c1-14-11-15(2)13-16(12-14)21-19-5-3-7-20(29)22(19)37-24(39)23(36-21)38-25(40)17(6-4-9-27(30,31)32)18(26(38)41)8-10-28(33,34)35/h3,5,7,11-13,17-18,23H,4,6,8-10H2,1-2H3,(H,37,39)/t17-,18+,23?/m0/s1. The molecule has 2 aromatic carbocycles. The van der Waals surface area contributed by atoms with Gasteiger partial charge < -0.3 is 5.32 Å². The number of carbonyl (C=O) groups excluding carboxylic acids is 3. The Morgan fingerprint density at radius 2 is 1.46 bits per heavy atom. The van der Waals surface area contributed by atoms with Crippen LogP contribution in [-0.2, 0) is 14.4 Å². The zero-order valence-electron chi connectivity index (χ0n) is 22.0. The summed E-state index contributed by atoms with van der Waals surface area (Å²) in [5.41, 5.74) is 2.96. The smallest absolute Gasteiger partial charge is 0.321 e. The van der Waals surface area contributed by atoms with Crippen LogP contribution in [0.1, 0.15) is 54.4 Å². The van der Waals surface area contributed by atoms with E-state index in [4.69, 9.17) is 11.6 Å². The summed E-state index contributed by atoms with van der Waals surface area (Å²) < 4.78 is 77.6. The average Bonchev–Trinajstić information content (AvgIpc) is 2.96. The van der Waals surface area contributed by atoms with Gasteiger partial charge in [-0.3, -0.25) is 14.4 Å². The van der Waals surface area contributed by atoms with E-state index in [-0.39, 0.29) is 16.4 Å². The lowest BCUT2D eigenvalue weighted by molar-refractivity contribution is -0.147. The molecule has 6 nitrogen and oxygen atoms in total. The number of hydrogen-bond donors (Lipinski definition) is 1. The molecule has 0 radical (unpaired) electrons. The van der Waals surface area contributed by atoms with E-state index in [1.807, 2.05) is 19.9 Å². The number of halogens is 7. The van der Waals surface area contributed by atoms with E-state index in [9.17, 15) is 40.7 Å². The number of aliphatic imine (C=N–C) groups is 1. The van der Waals surface area contributed by atoms with Gasteiger partial charge in [-0.05, 0) is 51.3 Å². The van der Waals surface area contributed by atoms with Crippen LogP contribution >= 0.6 is 11.6 Å². The Bertz CT molecular complexity index is 1390. The topological polar surface area (TPSA) is 78.8 Å². The highest BCUT2D eigenvalue weighted by Gasteiger charge is 2.52. The third-order valence-electron chi connectivity index (χ3n) is 7.05. The van der Waals surface area contributed by atoms with E-state index in [2.05, 4.69) is 10.3 Å². The van der Waals surface area contributed by atoms with Gasteiger partial charge in [0.25, 0.3) is 5.91 Å². The lowest BCUT2D eigenvalue weighted by Crippen LogP contribution is -2.46. The molecule has 1 unspecified atom stereocenters. The van der Waals surface area contributed by atoms with Gasteiger partial charge in [-0.1, -0.05) is 40.9 Å². The highest BCUT2D eigenvalue weighted by Crippen LogP contribution is 2.40. The second kappa shape index (κ2) is 11.5. The minimum atomic E-state index is -4.67. The predicted octanol–water partition coefficient (Wildman–Crippen LogP) is 6.75. The van der Waals surface area contributed by atoms with E-state index in [0.29, 0.717) is 16.0 Å². The van der Waals surface area contributed by atoms with Crippen LogP contribution in [0.4, 0.5) is 32.0 Å². The van der Waals surface area contributed by atoms with Crippen LogP contribution in [0, 0.1) is 25.7 Å². The number of rotatable bonds is 7. The minimum Gasteiger partial charge on any atom is -0.321 e. The molecule has 2 heterocycles. The molecule has 1 N–H and O–H groups in total. The summed E-state index contributed by atoms with van der Waals surface area (Å²) in [4.78, 5) is 45.5. The average molecular weight is 602 g/mol. The quantitative estimate of drug-likeness (QED) is 0.282. The third kappa shape index (κ3) is 6.91. The molecule has 2 aromatic rings. The second-order valence-electron chi connectivity index (χ2n) is 10.3. The molecule has 2 aliphatic rings. The van der Waals surface area contributed by atoms with Gasteiger partial charge in [0.15, 0.2) is 0 Å². The van der Waals surface area contributed by atoms with Crippen molar-refractivity contribution in [2.45, 2.75) is 64.5 Å². The number of carbonyl (C=O) groups is 3. The van der Waals surface area contributed by atoms with Gasteiger partial charge in [-0.15, -0.1) is 0 Å². The number of nitrogens with one attached hydrogen (secondary N) is 1. The van der Waals surface area contributed by atoms with Crippen molar-refractivity contribution < 1.29 is 40.7 Å².